The molecule has 5 nitrogen and oxygen atoms in total. The number of aliphatic hydroxyl groups is 1. The van der Waals surface area contributed by atoms with Crippen molar-refractivity contribution >= 4 is 31.8 Å². The van der Waals surface area contributed by atoms with E-state index in [4.69, 9.17) is 0 Å². The average Bonchev–Trinajstić information content (AvgIpc) is 2.42. The molecular weight excluding hydrogens is 344 g/mol. The summed E-state index contributed by atoms with van der Waals surface area (Å²) in [6.07, 6.45) is 2.48. The lowest BCUT2D eigenvalue weighted by Gasteiger charge is -2.33. The van der Waals surface area contributed by atoms with E-state index in [0.717, 1.165) is 22.9 Å². The summed E-state index contributed by atoms with van der Waals surface area (Å²) in [7, 11) is -3.62. The van der Waals surface area contributed by atoms with Gasteiger partial charge in [0.2, 0.25) is 0 Å². The Morgan fingerprint density at radius 1 is 1.45 bits per heavy atom. The van der Waals surface area contributed by atoms with E-state index in [1.54, 1.807) is 12.1 Å². The number of halogens is 1. The van der Waals surface area contributed by atoms with Crippen molar-refractivity contribution in [2.24, 2.45) is 0 Å². The molecule has 0 radical (unpaired) electrons. The summed E-state index contributed by atoms with van der Waals surface area (Å²) in [5, 5.41) is 9.33. The average molecular weight is 363 g/mol. The number of nitrogens with one attached hydrogen (secondary N) is 1. The van der Waals surface area contributed by atoms with E-state index in [0.29, 0.717) is 18.7 Å². The van der Waals surface area contributed by atoms with E-state index in [1.165, 1.54) is 4.31 Å². The monoisotopic (exact) mass is 362 g/mol. The Labute approximate surface area is 128 Å². The van der Waals surface area contributed by atoms with E-state index >= 15 is 0 Å². The number of piperidine rings is 1. The smallest absolute Gasteiger partial charge is 0.301 e. The van der Waals surface area contributed by atoms with Crippen LogP contribution in [0.1, 0.15) is 24.8 Å². The minimum absolute atomic E-state index is 0.140. The number of anilines is 1. The van der Waals surface area contributed by atoms with Crippen LogP contribution >= 0.6 is 15.9 Å². The minimum Gasteiger partial charge on any atom is -0.395 e. The predicted octanol–water partition coefficient (Wildman–Crippen LogP) is 2.26. The third kappa shape index (κ3) is 3.52. The fraction of sp³-hybridized carbons (Fsp3) is 0.538. The molecule has 1 aromatic rings. The Kier molecular flexibility index (Phi) is 5.06. The fourth-order valence-corrected chi connectivity index (χ4v) is 4.19. The van der Waals surface area contributed by atoms with Gasteiger partial charge in [-0.05, 0) is 37.5 Å². The van der Waals surface area contributed by atoms with Crippen LogP contribution in [0.2, 0.25) is 0 Å². The second-order valence-electron chi connectivity index (χ2n) is 5.01. The van der Waals surface area contributed by atoms with E-state index in [9.17, 15) is 13.5 Å². The molecule has 0 aliphatic carbocycles. The number of nitrogens with zero attached hydrogens (tertiary/aromatic N) is 1. The molecule has 0 bridgehead atoms. The molecule has 1 aliphatic heterocycles. The third-order valence-corrected chi connectivity index (χ3v) is 5.96. The molecule has 0 spiro atoms. The van der Waals surface area contributed by atoms with Gasteiger partial charge < -0.3 is 5.11 Å². The maximum atomic E-state index is 12.4. The van der Waals surface area contributed by atoms with Crippen molar-refractivity contribution in [2.75, 3.05) is 17.9 Å². The molecule has 1 heterocycles. The van der Waals surface area contributed by atoms with Crippen LogP contribution in [0.5, 0.6) is 0 Å². The van der Waals surface area contributed by atoms with Gasteiger partial charge in [0.25, 0.3) is 0 Å². The first kappa shape index (κ1) is 15.8. The Bertz CT molecular complexity index is 577. The van der Waals surface area contributed by atoms with E-state index in [-0.39, 0.29) is 12.6 Å². The van der Waals surface area contributed by atoms with Gasteiger partial charge in [-0.1, -0.05) is 28.4 Å². The lowest BCUT2D eigenvalue weighted by Crippen LogP contribution is -2.47. The fourth-order valence-electron chi connectivity index (χ4n) is 2.34. The first-order valence-electron chi connectivity index (χ1n) is 6.60. The number of hydrogen-bond donors (Lipinski definition) is 2. The van der Waals surface area contributed by atoms with Crippen LogP contribution in [0.3, 0.4) is 0 Å². The van der Waals surface area contributed by atoms with Gasteiger partial charge in [0.15, 0.2) is 0 Å². The first-order chi connectivity index (χ1) is 9.44. The summed E-state index contributed by atoms with van der Waals surface area (Å²) in [6, 6.07) is 5.00. The van der Waals surface area contributed by atoms with Crippen LogP contribution in [0.25, 0.3) is 0 Å². The van der Waals surface area contributed by atoms with Gasteiger partial charge in [0.1, 0.15) is 0 Å². The number of rotatable bonds is 4. The molecule has 2 rings (SSSR count). The lowest BCUT2D eigenvalue weighted by atomic mass is 10.1. The number of aliphatic hydroxyl groups excluding tert-OH is 1. The summed E-state index contributed by atoms with van der Waals surface area (Å²) >= 11 is 3.39. The molecule has 1 unspecified atom stereocenters. The van der Waals surface area contributed by atoms with Crippen molar-refractivity contribution in [3.8, 4) is 0 Å². The molecule has 0 saturated carbocycles. The Morgan fingerprint density at radius 3 is 2.85 bits per heavy atom. The molecular formula is C13H19BrN2O3S. The molecule has 1 saturated heterocycles. The molecule has 1 atom stereocenters. The molecule has 2 N–H and O–H groups in total. The standard InChI is InChI=1S/C13H19BrN2O3S/c1-10-5-6-11(8-13(10)14)15-20(18,19)16-7-3-2-4-12(16)9-17/h5-6,8,12,15,17H,2-4,7,9H2,1H3. The molecule has 0 aromatic heterocycles. The van der Waals surface area contributed by atoms with Gasteiger partial charge in [-0.2, -0.15) is 12.7 Å². The summed E-state index contributed by atoms with van der Waals surface area (Å²) in [5.41, 5.74) is 1.56. The second kappa shape index (κ2) is 6.43. The van der Waals surface area contributed by atoms with Crippen molar-refractivity contribution < 1.29 is 13.5 Å². The topological polar surface area (TPSA) is 69.6 Å². The molecule has 1 fully saturated rings. The predicted molar refractivity (Wildman–Crippen MR) is 82.9 cm³/mol. The summed E-state index contributed by atoms with van der Waals surface area (Å²) in [5.74, 6) is 0. The zero-order chi connectivity index (χ0) is 14.8. The molecule has 20 heavy (non-hydrogen) atoms. The van der Waals surface area contributed by atoms with Crippen molar-refractivity contribution in [3.05, 3.63) is 28.2 Å². The van der Waals surface area contributed by atoms with Crippen LogP contribution in [0.15, 0.2) is 22.7 Å². The van der Waals surface area contributed by atoms with Gasteiger partial charge in [0.05, 0.1) is 12.3 Å². The van der Waals surface area contributed by atoms with Crippen molar-refractivity contribution in [2.45, 2.75) is 32.2 Å². The van der Waals surface area contributed by atoms with Gasteiger partial charge in [-0.25, -0.2) is 0 Å². The van der Waals surface area contributed by atoms with Gasteiger partial charge in [-0.3, -0.25) is 4.72 Å². The van der Waals surface area contributed by atoms with Crippen LogP contribution in [0.4, 0.5) is 5.69 Å². The highest BCUT2D eigenvalue weighted by Gasteiger charge is 2.31. The molecule has 112 valence electrons. The van der Waals surface area contributed by atoms with Crippen LogP contribution in [0, 0.1) is 6.92 Å². The zero-order valence-corrected chi connectivity index (χ0v) is 13.7. The second-order valence-corrected chi connectivity index (χ2v) is 7.49. The van der Waals surface area contributed by atoms with Crippen LogP contribution < -0.4 is 4.72 Å². The molecule has 7 heteroatoms. The van der Waals surface area contributed by atoms with Crippen LogP contribution in [-0.2, 0) is 10.2 Å². The first-order valence-corrected chi connectivity index (χ1v) is 8.84. The maximum Gasteiger partial charge on any atom is 0.301 e. The Hall–Kier alpha value is -0.630. The van der Waals surface area contributed by atoms with Crippen molar-refractivity contribution in [1.29, 1.82) is 0 Å². The summed E-state index contributed by atoms with van der Waals surface area (Å²) < 4.78 is 29.6. The molecule has 0 amide bonds. The Morgan fingerprint density at radius 2 is 2.20 bits per heavy atom. The maximum absolute atomic E-state index is 12.4. The third-order valence-electron chi connectivity index (χ3n) is 3.51. The number of hydrogen-bond acceptors (Lipinski definition) is 3. The lowest BCUT2D eigenvalue weighted by molar-refractivity contribution is 0.156. The van der Waals surface area contributed by atoms with E-state index < -0.39 is 10.2 Å². The quantitative estimate of drug-likeness (QED) is 0.862. The Balaban J connectivity index is 2.19. The van der Waals surface area contributed by atoms with Gasteiger partial charge >= 0.3 is 10.2 Å². The van der Waals surface area contributed by atoms with Crippen molar-refractivity contribution in [3.63, 3.8) is 0 Å². The molecule has 1 aromatic carbocycles. The van der Waals surface area contributed by atoms with E-state index in [1.807, 2.05) is 13.0 Å². The van der Waals surface area contributed by atoms with Gasteiger partial charge in [-0.15, -0.1) is 0 Å². The number of aryl methyl sites for hydroxylation is 1. The van der Waals surface area contributed by atoms with Gasteiger partial charge in [0, 0.05) is 17.1 Å². The molecule has 1 aliphatic rings. The van der Waals surface area contributed by atoms with E-state index in [2.05, 4.69) is 20.7 Å². The SMILES string of the molecule is Cc1ccc(NS(=O)(=O)N2CCCCC2CO)cc1Br. The summed E-state index contributed by atoms with van der Waals surface area (Å²) in [4.78, 5) is 0. The van der Waals surface area contributed by atoms with Crippen LogP contribution in [-0.4, -0.2) is 37.0 Å². The highest BCUT2D eigenvalue weighted by Crippen LogP contribution is 2.24. The van der Waals surface area contributed by atoms with Crippen molar-refractivity contribution in [1.82, 2.24) is 4.31 Å². The zero-order valence-electron chi connectivity index (χ0n) is 11.3. The normalized spacial score (nSPS) is 20.9. The highest BCUT2D eigenvalue weighted by atomic mass is 79.9. The summed E-state index contributed by atoms with van der Waals surface area (Å²) in [6.45, 7) is 2.25. The minimum atomic E-state index is -3.62. The highest BCUT2D eigenvalue weighted by molar-refractivity contribution is 9.10. The number of benzene rings is 1. The largest absolute Gasteiger partial charge is 0.395 e.